The van der Waals surface area contributed by atoms with Gasteiger partial charge in [-0.25, -0.2) is 8.42 Å². The van der Waals surface area contributed by atoms with Crippen LogP contribution < -0.4 is 14.4 Å². The Morgan fingerprint density at radius 3 is 2.09 bits per heavy atom. The zero-order valence-corrected chi connectivity index (χ0v) is 25.6. The second-order valence-corrected chi connectivity index (χ2v) is 12.1. The Labute approximate surface area is 257 Å². The molecule has 0 aliphatic heterocycles. The lowest BCUT2D eigenvalue weighted by molar-refractivity contribution is -0.140. The number of sulfonamides is 1. The third kappa shape index (κ3) is 8.15. The molecule has 43 heavy (non-hydrogen) atoms. The summed E-state index contributed by atoms with van der Waals surface area (Å²) in [7, 11) is -2.70. The van der Waals surface area contributed by atoms with E-state index in [2.05, 4.69) is 5.32 Å². The SMILES string of the molecule is CCNC(=O)[C@H](Cc1ccccc1)N(Cc1cccc(Cl)c1)C(=O)CN(c1ccccc1)S(=O)(=O)c1ccc(OC)cc1. The number of anilines is 1. The monoisotopic (exact) mass is 619 g/mol. The predicted octanol–water partition coefficient (Wildman–Crippen LogP) is 5.32. The maximum atomic E-state index is 14.3. The third-order valence-electron chi connectivity index (χ3n) is 6.83. The van der Waals surface area contributed by atoms with Crippen LogP contribution in [0.3, 0.4) is 0 Å². The molecule has 224 valence electrons. The summed E-state index contributed by atoms with van der Waals surface area (Å²) in [6.07, 6.45) is 0.232. The van der Waals surface area contributed by atoms with E-state index in [1.807, 2.05) is 36.4 Å². The van der Waals surface area contributed by atoms with E-state index in [9.17, 15) is 18.0 Å². The Morgan fingerprint density at radius 2 is 1.49 bits per heavy atom. The highest BCUT2D eigenvalue weighted by atomic mass is 35.5. The largest absolute Gasteiger partial charge is 0.497 e. The molecule has 0 saturated heterocycles. The van der Waals surface area contributed by atoms with Crippen molar-refractivity contribution in [3.63, 3.8) is 0 Å². The first-order valence-electron chi connectivity index (χ1n) is 13.8. The fraction of sp³-hybridized carbons (Fsp3) is 0.212. The van der Waals surface area contributed by atoms with E-state index in [4.69, 9.17) is 16.3 Å². The Hall–Kier alpha value is -4.34. The number of hydrogen-bond donors (Lipinski definition) is 1. The van der Waals surface area contributed by atoms with Crippen LogP contribution in [0.5, 0.6) is 5.75 Å². The van der Waals surface area contributed by atoms with Gasteiger partial charge in [-0.15, -0.1) is 0 Å². The van der Waals surface area contributed by atoms with E-state index in [1.54, 1.807) is 67.6 Å². The second-order valence-electron chi connectivity index (χ2n) is 9.77. The molecule has 4 rings (SSSR count). The highest BCUT2D eigenvalue weighted by Gasteiger charge is 2.34. The molecule has 0 spiro atoms. The van der Waals surface area contributed by atoms with Crippen LogP contribution in [-0.2, 0) is 32.6 Å². The predicted molar refractivity (Wildman–Crippen MR) is 169 cm³/mol. The number of hydrogen-bond acceptors (Lipinski definition) is 5. The molecule has 0 aliphatic rings. The summed E-state index contributed by atoms with van der Waals surface area (Å²) in [4.78, 5) is 29.3. The minimum atomic E-state index is -4.19. The van der Waals surface area contributed by atoms with Gasteiger partial charge in [0.05, 0.1) is 17.7 Å². The molecule has 4 aromatic rings. The van der Waals surface area contributed by atoms with E-state index in [1.165, 1.54) is 24.1 Å². The Bertz CT molecular complexity index is 1620. The van der Waals surface area contributed by atoms with E-state index in [0.29, 0.717) is 28.6 Å². The lowest BCUT2D eigenvalue weighted by Gasteiger charge is -2.33. The van der Waals surface area contributed by atoms with Gasteiger partial charge in [0.2, 0.25) is 11.8 Å². The van der Waals surface area contributed by atoms with Crippen molar-refractivity contribution in [3.8, 4) is 5.75 Å². The molecule has 0 aliphatic carbocycles. The Morgan fingerprint density at radius 1 is 0.860 bits per heavy atom. The van der Waals surface area contributed by atoms with Gasteiger partial charge in [0.1, 0.15) is 18.3 Å². The normalized spacial score (nSPS) is 11.8. The standard InChI is InChI=1S/C33H34ClN3O5S/c1-3-35-33(39)31(22-25-11-6-4-7-12-25)36(23-26-13-10-14-27(34)21-26)32(38)24-37(28-15-8-5-9-16-28)43(40,41)30-19-17-29(42-2)18-20-30/h4-21,31H,3,22-24H2,1-2H3,(H,35,39)/t31-/m0/s1. The van der Waals surface area contributed by atoms with E-state index < -0.39 is 28.5 Å². The number of nitrogens with zero attached hydrogens (tertiary/aromatic N) is 2. The summed E-state index contributed by atoms with van der Waals surface area (Å²) in [5.74, 6) is -0.390. The summed E-state index contributed by atoms with van der Waals surface area (Å²) in [5, 5.41) is 3.33. The van der Waals surface area contributed by atoms with Gasteiger partial charge >= 0.3 is 0 Å². The van der Waals surface area contributed by atoms with E-state index in [-0.39, 0.29) is 23.8 Å². The van der Waals surface area contributed by atoms with Crippen molar-refractivity contribution in [1.29, 1.82) is 0 Å². The Kier molecular flexibility index (Phi) is 10.8. The fourth-order valence-corrected chi connectivity index (χ4v) is 6.30. The van der Waals surface area contributed by atoms with Gasteiger partial charge in [0, 0.05) is 24.5 Å². The third-order valence-corrected chi connectivity index (χ3v) is 8.86. The molecule has 1 atom stereocenters. The summed E-state index contributed by atoms with van der Waals surface area (Å²) < 4.78 is 34.3. The van der Waals surface area contributed by atoms with Crippen LogP contribution in [-0.4, -0.2) is 51.4 Å². The summed E-state index contributed by atoms with van der Waals surface area (Å²) in [5.41, 5.74) is 1.87. The number of halogens is 1. The molecule has 1 N–H and O–H groups in total. The van der Waals surface area contributed by atoms with Crippen molar-refractivity contribution in [1.82, 2.24) is 10.2 Å². The molecule has 4 aromatic carbocycles. The summed E-state index contributed by atoms with van der Waals surface area (Å²) >= 11 is 6.26. The highest BCUT2D eigenvalue weighted by Crippen LogP contribution is 2.26. The molecule has 0 radical (unpaired) electrons. The van der Waals surface area contributed by atoms with Gasteiger partial charge in [0.25, 0.3) is 10.0 Å². The van der Waals surface area contributed by atoms with Crippen molar-refractivity contribution < 1.29 is 22.7 Å². The number of likely N-dealkylation sites (N-methyl/N-ethyl adjacent to an activating group) is 1. The zero-order valence-electron chi connectivity index (χ0n) is 24.0. The van der Waals surface area contributed by atoms with Crippen molar-refractivity contribution in [2.75, 3.05) is 24.5 Å². The number of carbonyl (C=O) groups excluding carboxylic acids is 2. The molecule has 2 amide bonds. The molecule has 0 heterocycles. The minimum absolute atomic E-state index is 0.00379. The van der Waals surface area contributed by atoms with Crippen LogP contribution in [0.2, 0.25) is 5.02 Å². The molecule has 0 fully saturated rings. The van der Waals surface area contributed by atoms with Crippen molar-refractivity contribution >= 4 is 39.1 Å². The number of para-hydroxylation sites is 1. The molecular weight excluding hydrogens is 586 g/mol. The molecule has 8 nitrogen and oxygen atoms in total. The smallest absolute Gasteiger partial charge is 0.264 e. The maximum absolute atomic E-state index is 14.3. The summed E-state index contributed by atoms with van der Waals surface area (Å²) in [6.45, 7) is 1.67. The van der Waals surface area contributed by atoms with Crippen LogP contribution in [0.4, 0.5) is 5.69 Å². The first kappa shape index (κ1) is 31.6. The molecular formula is C33H34ClN3O5S. The molecule has 0 aromatic heterocycles. The van der Waals surface area contributed by atoms with Crippen molar-refractivity contribution in [3.05, 3.63) is 125 Å². The van der Waals surface area contributed by atoms with Crippen LogP contribution in [0.25, 0.3) is 0 Å². The number of amides is 2. The van der Waals surface area contributed by atoms with Crippen molar-refractivity contribution in [2.24, 2.45) is 0 Å². The Balaban J connectivity index is 1.77. The number of carbonyl (C=O) groups is 2. The molecule has 0 unspecified atom stereocenters. The number of methoxy groups -OCH3 is 1. The average molecular weight is 620 g/mol. The minimum Gasteiger partial charge on any atom is -0.497 e. The zero-order chi connectivity index (χ0) is 30.8. The van der Waals surface area contributed by atoms with E-state index >= 15 is 0 Å². The van der Waals surface area contributed by atoms with Crippen LogP contribution in [0.15, 0.2) is 114 Å². The maximum Gasteiger partial charge on any atom is 0.264 e. The van der Waals surface area contributed by atoms with Crippen molar-refractivity contribution in [2.45, 2.75) is 30.8 Å². The fourth-order valence-electron chi connectivity index (χ4n) is 4.68. The van der Waals surface area contributed by atoms with Gasteiger partial charge < -0.3 is 15.0 Å². The van der Waals surface area contributed by atoms with Gasteiger partial charge in [-0.3, -0.25) is 13.9 Å². The summed E-state index contributed by atoms with van der Waals surface area (Å²) in [6, 6.07) is 29.9. The van der Waals surface area contributed by atoms with Gasteiger partial charge in [-0.2, -0.15) is 0 Å². The number of benzene rings is 4. The van der Waals surface area contributed by atoms with Crippen LogP contribution >= 0.6 is 11.6 Å². The van der Waals surface area contributed by atoms with Gasteiger partial charge in [-0.05, 0) is 66.6 Å². The molecule has 10 heteroatoms. The lowest BCUT2D eigenvalue weighted by atomic mass is 10.0. The highest BCUT2D eigenvalue weighted by molar-refractivity contribution is 7.92. The first-order valence-corrected chi connectivity index (χ1v) is 15.6. The number of ether oxygens (including phenoxy) is 1. The first-order chi connectivity index (χ1) is 20.7. The lowest BCUT2D eigenvalue weighted by Crippen LogP contribution is -2.53. The van der Waals surface area contributed by atoms with Gasteiger partial charge in [-0.1, -0.05) is 72.3 Å². The molecule has 0 saturated carbocycles. The molecule has 0 bridgehead atoms. The van der Waals surface area contributed by atoms with E-state index in [0.717, 1.165) is 9.87 Å². The second kappa shape index (κ2) is 14.7. The topological polar surface area (TPSA) is 96.0 Å². The van der Waals surface area contributed by atoms with Crippen LogP contribution in [0, 0.1) is 0 Å². The number of nitrogens with one attached hydrogen (secondary N) is 1. The number of rotatable bonds is 13. The van der Waals surface area contributed by atoms with Crippen LogP contribution in [0.1, 0.15) is 18.1 Å². The average Bonchev–Trinajstić information content (AvgIpc) is 3.02. The van der Waals surface area contributed by atoms with Gasteiger partial charge in [0.15, 0.2) is 0 Å². The quantitative estimate of drug-likeness (QED) is 0.219.